The summed E-state index contributed by atoms with van der Waals surface area (Å²) in [5.41, 5.74) is 1.34. The van der Waals surface area contributed by atoms with Crippen LogP contribution in [0.3, 0.4) is 0 Å². The van der Waals surface area contributed by atoms with Gasteiger partial charge in [0.15, 0.2) is 5.65 Å². The summed E-state index contributed by atoms with van der Waals surface area (Å²) in [5.74, 6) is 0.478. The Labute approximate surface area is 264 Å². The monoisotopic (exact) mass is 657 g/mol. The maximum absolute atomic E-state index is 14.7. The van der Waals surface area contributed by atoms with Crippen LogP contribution in [0.25, 0.3) is 39.2 Å². The van der Waals surface area contributed by atoms with Crippen molar-refractivity contribution in [2.24, 2.45) is 0 Å². The van der Waals surface area contributed by atoms with Crippen molar-refractivity contribution in [2.75, 3.05) is 0 Å². The third-order valence-corrected chi connectivity index (χ3v) is 7.90. The molecule has 4 aromatic carbocycles. The summed E-state index contributed by atoms with van der Waals surface area (Å²) in [4.78, 5) is 4.69. The normalized spacial score (nSPS) is 11.7. The molecule has 6 rings (SSSR count). The van der Waals surface area contributed by atoms with E-state index in [0.717, 1.165) is 6.07 Å². The SMILES string of the molecule is FC(F)(F)c1cc(-c2ccc(OCc3c(Cl)cccc3Cl)cc2)nc2c1c(-c1ccc(Cl)cc1)nn2-c1cccc(Cl)c1. The molecule has 2 aromatic heterocycles. The fourth-order valence-electron chi connectivity index (χ4n) is 4.63. The lowest BCUT2D eigenvalue weighted by molar-refractivity contribution is -0.136. The van der Waals surface area contributed by atoms with Gasteiger partial charge in [-0.15, -0.1) is 0 Å². The van der Waals surface area contributed by atoms with Crippen molar-refractivity contribution in [2.45, 2.75) is 12.8 Å². The average molecular weight is 659 g/mol. The fraction of sp³-hybridized carbons (Fsp3) is 0.0625. The third kappa shape index (κ3) is 6.04. The van der Waals surface area contributed by atoms with Crippen LogP contribution < -0.4 is 4.74 Å². The van der Waals surface area contributed by atoms with Crippen LogP contribution in [0.15, 0.2) is 97.1 Å². The van der Waals surface area contributed by atoms with Crippen LogP contribution >= 0.6 is 46.4 Å². The maximum Gasteiger partial charge on any atom is 0.417 e. The molecule has 0 radical (unpaired) electrons. The van der Waals surface area contributed by atoms with E-state index in [2.05, 4.69) is 5.10 Å². The van der Waals surface area contributed by atoms with E-state index >= 15 is 0 Å². The molecule has 0 aliphatic heterocycles. The molecule has 0 atom stereocenters. The van der Waals surface area contributed by atoms with Gasteiger partial charge in [0.1, 0.15) is 18.1 Å². The van der Waals surface area contributed by atoms with Gasteiger partial charge >= 0.3 is 6.18 Å². The van der Waals surface area contributed by atoms with Crippen molar-refractivity contribution in [3.8, 4) is 34.0 Å². The lowest BCUT2D eigenvalue weighted by Gasteiger charge is -2.13. The van der Waals surface area contributed by atoms with Crippen molar-refractivity contribution in [3.63, 3.8) is 0 Å². The summed E-state index contributed by atoms with van der Waals surface area (Å²) in [7, 11) is 0. The molecule has 0 fully saturated rings. The molecule has 0 unspecified atom stereocenters. The minimum Gasteiger partial charge on any atom is -0.489 e. The number of alkyl halides is 3. The van der Waals surface area contributed by atoms with Crippen molar-refractivity contribution in [1.29, 1.82) is 0 Å². The van der Waals surface area contributed by atoms with Gasteiger partial charge in [0.05, 0.1) is 22.3 Å². The number of halogens is 7. The summed E-state index contributed by atoms with van der Waals surface area (Å²) >= 11 is 24.7. The van der Waals surface area contributed by atoms with E-state index in [-0.39, 0.29) is 29.0 Å². The van der Waals surface area contributed by atoms with Crippen molar-refractivity contribution >= 4 is 57.4 Å². The highest BCUT2D eigenvalue weighted by molar-refractivity contribution is 6.36. The number of benzene rings is 4. The zero-order valence-electron chi connectivity index (χ0n) is 21.8. The number of rotatable bonds is 6. The Morgan fingerprint density at radius 3 is 2.02 bits per heavy atom. The van der Waals surface area contributed by atoms with Crippen molar-refractivity contribution in [3.05, 3.63) is 128 Å². The Kier molecular flexibility index (Phi) is 8.00. The molecule has 0 saturated heterocycles. The Bertz CT molecular complexity index is 1940. The smallest absolute Gasteiger partial charge is 0.417 e. The molecular weight excluding hydrogens is 641 g/mol. The molecule has 0 N–H and O–H groups in total. The zero-order chi connectivity index (χ0) is 30.3. The summed E-state index contributed by atoms with van der Waals surface area (Å²) in [5, 5.41) is 6.24. The van der Waals surface area contributed by atoms with Crippen LogP contribution in [-0.2, 0) is 12.8 Å². The first kappa shape index (κ1) is 29.3. The Morgan fingerprint density at radius 2 is 1.37 bits per heavy atom. The number of ether oxygens (including phenoxy) is 1. The second-order valence-electron chi connectivity index (χ2n) is 9.51. The number of nitrogens with zero attached hydrogens (tertiary/aromatic N) is 3. The first-order chi connectivity index (χ1) is 20.6. The van der Waals surface area contributed by atoms with E-state index in [9.17, 15) is 13.2 Å². The Balaban J connectivity index is 1.48. The quantitative estimate of drug-likeness (QED) is 0.179. The Morgan fingerprint density at radius 1 is 0.721 bits per heavy atom. The van der Waals surface area contributed by atoms with Gasteiger partial charge in [-0.3, -0.25) is 0 Å². The van der Waals surface area contributed by atoms with E-state index in [1.165, 1.54) is 4.68 Å². The highest BCUT2D eigenvalue weighted by Gasteiger charge is 2.36. The van der Waals surface area contributed by atoms with Crippen LogP contribution in [0.5, 0.6) is 5.75 Å². The molecular formula is C32H18Cl4F3N3O. The number of fused-ring (bicyclic) bond motifs is 1. The predicted molar refractivity (Wildman–Crippen MR) is 166 cm³/mol. The van der Waals surface area contributed by atoms with Crippen LogP contribution in [0, 0.1) is 0 Å². The molecule has 43 heavy (non-hydrogen) atoms. The van der Waals surface area contributed by atoms with E-state index in [4.69, 9.17) is 56.1 Å². The topological polar surface area (TPSA) is 39.9 Å². The van der Waals surface area contributed by atoms with Gasteiger partial charge in [0, 0.05) is 36.8 Å². The first-order valence-corrected chi connectivity index (χ1v) is 14.3. The molecule has 0 amide bonds. The molecule has 6 aromatic rings. The third-order valence-electron chi connectivity index (χ3n) is 6.71. The van der Waals surface area contributed by atoms with E-state index < -0.39 is 11.7 Å². The van der Waals surface area contributed by atoms with Gasteiger partial charge in [-0.25, -0.2) is 9.67 Å². The number of aromatic nitrogens is 3. The summed E-state index contributed by atoms with van der Waals surface area (Å²) < 4.78 is 51.3. The predicted octanol–water partition coefficient (Wildman–Crippen LogP) is 11.0. The van der Waals surface area contributed by atoms with Crippen LogP contribution in [0.4, 0.5) is 13.2 Å². The Hall–Kier alpha value is -3.75. The van der Waals surface area contributed by atoms with Gasteiger partial charge in [0.25, 0.3) is 0 Å². The minimum atomic E-state index is -4.71. The van der Waals surface area contributed by atoms with Gasteiger partial charge in [0.2, 0.25) is 0 Å². The largest absolute Gasteiger partial charge is 0.489 e. The summed E-state index contributed by atoms with van der Waals surface area (Å²) in [6.07, 6.45) is -4.71. The van der Waals surface area contributed by atoms with E-state index in [1.54, 1.807) is 91.0 Å². The number of hydrogen-bond donors (Lipinski definition) is 0. The molecule has 0 saturated carbocycles. The molecule has 2 heterocycles. The van der Waals surface area contributed by atoms with E-state index in [0.29, 0.717) is 48.2 Å². The number of hydrogen-bond acceptors (Lipinski definition) is 3. The molecule has 0 aliphatic rings. The van der Waals surface area contributed by atoms with E-state index in [1.807, 2.05) is 0 Å². The second kappa shape index (κ2) is 11.7. The van der Waals surface area contributed by atoms with Gasteiger partial charge in [-0.05, 0) is 72.8 Å². The maximum atomic E-state index is 14.7. The highest BCUT2D eigenvalue weighted by atomic mass is 35.5. The first-order valence-electron chi connectivity index (χ1n) is 12.8. The van der Waals surface area contributed by atoms with Crippen LogP contribution in [0.1, 0.15) is 11.1 Å². The van der Waals surface area contributed by atoms with Crippen molar-refractivity contribution in [1.82, 2.24) is 14.8 Å². The van der Waals surface area contributed by atoms with Gasteiger partial charge in [-0.2, -0.15) is 18.3 Å². The number of pyridine rings is 1. The molecule has 0 aliphatic carbocycles. The summed E-state index contributed by atoms with van der Waals surface area (Å²) in [6.45, 7) is 0.118. The summed E-state index contributed by atoms with van der Waals surface area (Å²) in [6, 6.07) is 25.9. The highest BCUT2D eigenvalue weighted by Crippen LogP contribution is 2.42. The van der Waals surface area contributed by atoms with Crippen LogP contribution in [0.2, 0.25) is 20.1 Å². The van der Waals surface area contributed by atoms with Crippen molar-refractivity contribution < 1.29 is 17.9 Å². The lowest BCUT2D eigenvalue weighted by Crippen LogP contribution is -2.08. The molecule has 0 bridgehead atoms. The van der Waals surface area contributed by atoms with Crippen LogP contribution in [-0.4, -0.2) is 14.8 Å². The second-order valence-corrected chi connectivity index (χ2v) is 11.2. The lowest BCUT2D eigenvalue weighted by atomic mass is 10.0. The minimum absolute atomic E-state index is 0.0192. The molecule has 0 spiro atoms. The average Bonchev–Trinajstić information content (AvgIpc) is 3.36. The molecule has 11 heteroatoms. The molecule has 216 valence electrons. The standard InChI is InChI=1S/C32H18Cl4F3N3O/c33-20-11-7-19(8-12-20)30-29-25(32(37,38)39)16-28(40-31(29)42(41-30)22-4-1-3-21(34)15-22)18-9-13-23(14-10-18)43-17-24-26(35)5-2-6-27(24)36/h1-16H,17H2. The fourth-order valence-corrected chi connectivity index (χ4v) is 5.45. The molecule has 4 nitrogen and oxygen atoms in total. The van der Waals surface area contributed by atoms with Gasteiger partial charge in [-0.1, -0.05) is 70.7 Å². The van der Waals surface area contributed by atoms with Gasteiger partial charge < -0.3 is 4.74 Å². The zero-order valence-corrected chi connectivity index (χ0v) is 24.9.